The van der Waals surface area contributed by atoms with E-state index in [9.17, 15) is 14.0 Å². The largest absolute Gasteiger partial charge is 0.466 e. The molecule has 24 heavy (non-hydrogen) atoms. The van der Waals surface area contributed by atoms with Gasteiger partial charge in [-0.1, -0.05) is 0 Å². The van der Waals surface area contributed by atoms with Crippen molar-refractivity contribution in [3.63, 3.8) is 0 Å². The Bertz CT molecular complexity index is 641. The number of anilines is 2. The average Bonchev–Trinajstić information content (AvgIpc) is 2.61. The van der Waals surface area contributed by atoms with Crippen LogP contribution in [0.4, 0.5) is 15.8 Å². The second-order valence-corrected chi connectivity index (χ2v) is 4.96. The van der Waals surface area contributed by atoms with Gasteiger partial charge < -0.3 is 24.4 Å². The van der Waals surface area contributed by atoms with Crippen molar-refractivity contribution in [2.24, 2.45) is 0 Å². The predicted molar refractivity (Wildman–Crippen MR) is 85.2 cm³/mol. The second-order valence-electron chi connectivity index (χ2n) is 4.96. The van der Waals surface area contributed by atoms with Crippen LogP contribution in [0, 0.1) is 5.82 Å². The van der Waals surface area contributed by atoms with E-state index in [1.165, 1.54) is 20.3 Å². The molecule has 1 aromatic carbocycles. The number of hydrogen-bond acceptors (Lipinski definition) is 7. The summed E-state index contributed by atoms with van der Waals surface area (Å²) in [6, 6.07) is 4.47. The van der Waals surface area contributed by atoms with Crippen LogP contribution in [0.2, 0.25) is 0 Å². The van der Waals surface area contributed by atoms with Gasteiger partial charge in [0.25, 0.3) is 0 Å². The van der Waals surface area contributed by atoms with Gasteiger partial charge in [-0.05, 0) is 18.2 Å². The third-order valence-corrected chi connectivity index (χ3v) is 3.45. The molecule has 0 saturated carbocycles. The standard InChI is InChI=1S/C16H19FN2O5/c1-22-15(20)10-13(16(21)23-2)18-11-3-4-14(12(17)9-11)19-5-7-24-8-6-19/h3-4,9-10,18H,5-8H2,1-2H3/b13-10+. The zero-order valence-corrected chi connectivity index (χ0v) is 13.5. The Hall–Kier alpha value is -2.61. The third kappa shape index (κ3) is 4.45. The van der Waals surface area contributed by atoms with Crippen molar-refractivity contribution in [3.05, 3.63) is 35.8 Å². The Labute approximate surface area is 139 Å². The average molecular weight is 338 g/mol. The number of benzene rings is 1. The maximum absolute atomic E-state index is 14.3. The fourth-order valence-corrected chi connectivity index (χ4v) is 2.23. The Morgan fingerprint density at radius 2 is 1.96 bits per heavy atom. The van der Waals surface area contributed by atoms with E-state index in [0.717, 1.165) is 6.08 Å². The van der Waals surface area contributed by atoms with Gasteiger partial charge in [0.2, 0.25) is 0 Å². The topological polar surface area (TPSA) is 77.1 Å². The zero-order chi connectivity index (χ0) is 17.5. The van der Waals surface area contributed by atoms with E-state index in [1.807, 2.05) is 4.90 Å². The molecule has 1 aromatic rings. The van der Waals surface area contributed by atoms with Crippen LogP contribution in [0.25, 0.3) is 0 Å². The van der Waals surface area contributed by atoms with Crippen LogP contribution in [-0.4, -0.2) is 52.5 Å². The third-order valence-electron chi connectivity index (χ3n) is 3.45. The highest BCUT2D eigenvalue weighted by Crippen LogP contribution is 2.24. The van der Waals surface area contributed by atoms with Gasteiger partial charge in [0.05, 0.1) is 39.2 Å². The second kappa shape index (κ2) is 8.30. The molecule has 130 valence electrons. The molecule has 1 N–H and O–H groups in total. The van der Waals surface area contributed by atoms with E-state index in [4.69, 9.17) is 4.74 Å². The fourth-order valence-electron chi connectivity index (χ4n) is 2.23. The molecule has 2 rings (SSSR count). The molecule has 0 aliphatic carbocycles. The zero-order valence-electron chi connectivity index (χ0n) is 13.5. The number of morpholine rings is 1. The lowest BCUT2D eigenvalue weighted by molar-refractivity contribution is -0.138. The summed E-state index contributed by atoms with van der Waals surface area (Å²) in [5.74, 6) is -1.93. The van der Waals surface area contributed by atoms with Crippen molar-refractivity contribution in [2.75, 3.05) is 50.7 Å². The number of nitrogens with zero attached hydrogens (tertiary/aromatic N) is 1. The number of ether oxygens (including phenoxy) is 3. The lowest BCUT2D eigenvalue weighted by Gasteiger charge is -2.29. The molecule has 0 bridgehead atoms. The number of methoxy groups -OCH3 is 2. The van der Waals surface area contributed by atoms with E-state index in [1.54, 1.807) is 12.1 Å². The number of nitrogens with one attached hydrogen (secondary N) is 1. The number of carbonyl (C=O) groups excluding carboxylic acids is 2. The smallest absolute Gasteiger partial charge is 0.354 e. The quantitative estimate of drug-likeness (QED) is 0.640. The predicted octanol–water partition coefficient (Wildman–Crippen LogP) is 1.30. The number of esters is 2. The minimum atomic E-state index is -0.766. The highest BCUT2D eigenvalue weighted by atomic mass is 19.1. The van der Waals surface area contributed by atoms with Crippen molar-refractivity contribution in [1.29, 1.82) is 0 Å². The monoisotopic (exact) mass is 338 g/mol. The molecule has 8 heteroatoms. The number of carbonyl (C=O) groups is 2. The van der Waals surface area contributed by atoms with Crippen LogP contribution in [-0.2, 0) is 23.8 Å². The van der Waals surface area contributed by atoms with Crippen LogP contribution in [0.1, 0.15) is 0 Å². The molecule has 7 nitrogen and oxygen atoms in total. The van der Waals surface area contributed by atoms with Crippen LogP contribution < -0.4 is 10.2 Å². The molecule has 0 radical (unpaired) electrons. The summed E-state index contributed by atoms with van der Waals surface area (Å²) in [5, 5.41) is 2.67. The minimum Gasteiger partial charge on any atom is -0.466 e. The first-order valence-corrected chi connectivity index (χ1v) is 7.32. The molecule has 0 aromatic heterocycles. The summed E-state index contributed by atoms with van der Waals surface area (Å²) in [7, 11) is 2.36. The van der Waals surface area contributed by atoms with Crippen LogP contribution in [0.5, 0.6) is 0 Å². The summed E-state index contributed by atoms with van der Waals surface area (Å²) >= 11 is 0. The Kier molecular flexibility index (Phi) is 6.14. The molecule has 1 heterocycles. The normalized spacial score (nSPS) is 15.0. The summed E-state index contributed by atoms with van der Waals surface area (Å²) in [6.45, 7) is 2.32. The Balaban J connectivity index is 2.18. The van der Waals surface area contributed by atoms with Crippen LogP contribution >= 0.6 is 0 Å². The van der Waals surface area contributed by atoms with E-state index >= 15 is 0 Å². The molecule has 0 unspecified atom stereocenters. The molecular weight excluding hydrogens is 319 g/mol. The molecule has 0 amide bonds. The number of hydrogen-bond donors (Lipinski definition) is 1. The summed E-state index contributed by atoms with van der Waals surface area (Å²) in [4.78, 5) is 24.9. The lowest BCUT2D eigenvalue weighted by Crippen LogP contribution is -2.36. The van der Waals surface area contributed by atoms with Crippen LogP contribution in [0.15, 0.2) is 30.0 Å². The summed E-state index contributed by atoms with van der Waals surface area (Å²) in [6.07, 6.45) is 0.944. The number of rotatable bonds is 5. The van der Waals surface area contributed by atoms with Gasteiger partial charge in [-0.3, -0.25) is 0 Å². The first-order chi connectivity index (χ1) is 11.5. The molecule has 1 aliphatic rings. The van der Waals surface area contributed by atoms with Gasteiger partial charge in [-0.15, -0.1) is 0 Å². The van der Waals surface area contributed by atoms with E-state index in [0.29, 0.717) is 37.7 Å². The summed E-state index contributed by atoms with van der Waals surface area (Å²) < 4.78 is 28.7. The van der Waals surface area contributed by atoms with Gasteiger partial charge in [-0.2, -0.15) is 0 Å². The number of halogens is 1. The maximum Gasteiger partial charge on any atom is 0.354 e. The van der Waals surface area contributed by atoms with Gasteiger partial charge in [0.15, 0.2) is 0 Å². The van der Waals surface area contributed by atoms with Crippen LogP contribution in [0.3, 0.4) is 0 Å². The van der Waals surface area contributed by atoms with E-state index in [2.05, 4.69) is 14.8 Å². The van der Waals surface area contributed by atoms with Gasteiger partial charge in [0, 0.05) is 18.8 Å². The highest BCUT2D eigenvalue weighted by Gasteiger charge is 2.17. The molecule has 1 fully saturated rings. The lowest BCUT2D eigenvalue weighted by atomic mass is 10.2. The van der Waals surface area contributed by atoms with Gasteiger partial charge in [0.1, 0.15) is 11.5 Å². The van der Waals surface area contributed by atoms with Gasteiger partial charge >= 0.3 is 11.9 Å². The van der Waals surface area contributed by atoms with Crippen molar-refractivity contribution in [2.45, 2.75) is 0 Å². The fraction of sp³-hybridized carbons (Fsp3) is 0.375. The first kappa shape index (κ1) is 17.7. The molecule has 1 aliphatic heterocycles. The summed E-state index contributed by atoms with van der Waals surface area (Å²) in [5.41, 5.74) is 0.619. The van der Waals surface area contributed by atoms with Crippen molar-refractivity contribution < 1.29 is 28.2 Å². The van der Waals surface area contributed by atoms with Crippen molar-refractivity contribution in [3.8, 4) is 0 Å². The van der Waals surface area contributed by atoms with Gasteiger partial charge in [-0.25, -0.2) is 14.0 Å². The maximum atomic E-state index is 14.3. The first-order valence-electron chi connectivity index (χ1n) is 7.32. The van der Waals surface area contributed by atoms with E-state index in [-0.39, 0.29) is 5.70 Å². The molecule has 0 atom stereocenters. The molecule has 0 spiro atoms. The van der Waals surface area contributed by atoms with Crippen molar-refractivity contribution >= 4 is 23.3 Å². The van der Waals surface area contributed by atoms with E-state index < -0.39 is 17.8 Å². The Morgan fingerprint density at radius 1 is 1.25 bits per heavy atom. The van der Waals surface area contributed by atoms with Crippen molar-refractivity contribution in [1.82, 2.24) is 0 Å². The molecule has 1 saturated heterocycles. The SMILES string of the molecule is COC(=O)/C=C(/Nc1ccc(N2CCOCC2)c(F)c1)C(=O)OC. The minimum absolute atomic E-state index is 0.150. The highest BCUT2D eigenvalue weighted by molar-refractivity contribution is 5.98. The molecular formula is C16H19FN2O5. The Morgan fingerprint density at radius 3 is 2.54 bits per heavy atom.